The molecule has 1 saturated heterocycles. The van der Waals surface area contributed by atoms with E-state index in [1.165, 1.54) is 9.80 Å². The summed E-state index contributed by atoms with van der Waals surface area (Å²) in [5.74, 6) is -0.204. The second-order valence-electron chi connectivity index (χ2n) is 5.19. The summed E-state index contributed by atoms with van der Waals surface area (Å²) in [5, 5.41) is 8.68. The molecule has 6 nitrogen and oxygen atoms in total. The highest BCUT2D eigenvalue weighted by molar-refractivity contribution is 6.13. The quantitative estimate of drug-likeness (QED) is 0.754. The molecule has 3 amide bonds. The van der Waals surface area contributed by atoms with Crippen LogP contribution in [-0.2, 0) is 4.79 Å². The molecule has 6 heteroatoms. The van der Waals surface area contributed by atoms with Crippen molar-refractivity contribution >= 4 is 17.6 Å². The number of amides is 3. The van der Waals surface area contributed by atoms with E-state index >= 15 is 0 Å². The van der Waals surface area contributed by atoms with E-state index in [4.69, 9.17) is 5.26 Å². The molecule has 1 atom stereocenters. The van der Waals surface area contributed by atoms with Crippen LogP contribution in [0.25, 0.3) is 0 Å². The van der Waals surface area contributed by atoms with Crippen LogP contribution in [0.4, 0.5) is 10.5 Å². The zero-order valence-electron chi connectivity index (χ0n) is 12.9. The van der Waals surface area contributed by atoms with Crippen LogP contribution >= 0.6 is 0 Å². The van der Waals surface area contributed by atoms with Gasteiger partial charge in [-0.1, -0.05) is 25.1 Å². The molecule has 22 heavy (non-hydrogen) atoms. The Morgan fingerprint density at radius 2 is 1.95 bits per heavy atom. The van der Waals surface area contributed by atoms with Gasteiger partial charge in [-0.2, -0.15) is 5.26 Å². The average Bonchev–Trinajstić information content (AvgIpc) is 2.75. The summed E-state index contributed by atoms with van der Waals surface area (Å²) in [6, 6.07) is 10.5. The number of hydrogen-bond donors (Lipinski definition) is 0. The maximum absolute atomic E-state index is 12.6. The first-order valence-corrected chi connectivity index (χ1v) is 7.39. The van der Waals surface area contributed by atoms with Crippen LogP contribution in [0.1, 0.15) is 20.3 Å². The fourth-order valence-corrected chi connectivity index (χ4v) is 2.52. The minimum absolute atomic E-state index is 0.204. The molecule has 1 fully saturated rings. The van der Waals surface area contributed by atoms with E-state index in [0.717, 1.165) is 5.69 Å². The fraction of sp³-hybridized carbons (Fsp3) is 0.438. The summed E-state index contributed by atoms with van der Waals surface area (Å²) in [6.07, 6.45) is 0.377. The Morgan fingerprint density at radius 3 is 2.55 bits per heavy atom. The lowest BCUT2D eigenvalue weighted by Gasteiger charge is -2.24. The van der Waals surface area contributed by atoms with Gasteiger partial charge < -0.3 is 0 Å². The molecule has 0 aliphatic carbocycles. The van der Waals surface area contributed by atoms with Crippen LogP contribution in [0.5, 0.6) is 0 Å². The van der Waals surface area contributed by atoms with Gasteiger partial charge in [-0.25, -0.2) is 9.69 Å². The molecule has 0 radical (unpaired) electrons. The molecule has 2 rings (SSSR count). The molecular formula is C16H20N4O2. The second-order valence-corrected chi connectivity index (χ2v) is 5.19. The van der Waals surface area contributed by atoms with Crippen LogP contribution in [0.2, 0.25) is 0 Å². The maximum atomic E-state index is 12.6. The fourth-order valence-electron chi connectivity index (χ4n) is 2.52. The standard InChI is InChI=1S/C16H20N4O2/c1-3-18(11-7-10-17)12-19-15(21)13(2)20(16(19)22)14-8-5-4-6-9-14/h4-6,8-9,13H,3,7,11-12H2,1-2H3. The normalized spacial score (nSPS) is 18.2. The molecule has 0 spiro atoms. The predicted molar refractivity (Wildman–Crippen MR) is 83.0 cm³/mol. The summed E-state index contributed by atoms with van der Waals surface area (Å²) in [7, 11) is 0. The average molecular weight is 300 g/mol. The molecule has 0 N–H and O–H groups in total. The zero-order chi connectivity index (χ0) is 16.1. The van der Waals surface area contributed by atoms with Crippen molar-refractivity contribution in [3.05, 3.63) is 30.3 Å². The molecule has 1 aromatic rings. The number of nitriles is 1. The molecule has 1 aromatic carbocycles. The Kier molecular flexibility index (Phi) is 5.12. The second kappa shape index (κ2) is 7.05. The zero-order valence-corrected chi connectivity index (χ0v) is 12.9. The first kappa shape index (κ1) is 16.0. The third-order valence-electron chi connectivity index (χ3n) is 3.81. The number of urea groups is 1. The number of anilines is 1. The Hall–Kier alpha value is -2.39. The molecule has 116 valence electrons. The minimum atomic E-state index is -0.510. The largest absolute Gasteiger partial charge is 0.333 e. The lowest BCUT2D eigenvalue weighted by atomic mass is 10.2. The van der Waals surface area contributed by atoms with E-state index in [1.807, 2.05) is 42.2 Å². The van der Waals surface area contributed by atoms with Gasteiger partial charge in [0.2, 0.25) is 0 Å². The van der Waals surface area contributed by atoms with Gasteiger partial charge in [0.05, 0.1) is 12.7 Å². The van der Waals surface area contributed by atoms with Gasteiger partial charge in [-0.05, 0) is 25.6 Å². The van der Waals surface area contributed by atoms with Gasteiger partial charge >= 0.3 is 6.03 Å². The van der Waals surface area contributed by atoms with E-state index in [-0.39, 0.29) is 18.6 Å². The monoisotopic (exact) mass is 300 g/mol. The molecule has 1 heterocycles. The first-order chi connectivity index (χ1) is 10.6. The number of hydrogen-bond acceptors (Lipinski definition) is 4. The van der Waals surface area contributed by atoms with Crippen LogP contribution < -0.4 is 4.90 Å². The summed E-state index contributed by atoms with van der Waals surface area (Å²) in [5.41, 5.74) is 0.718. The Balaban J connectivity index is 2.15. The minimum Gasteiger partial charge on any atom is -0.285 e. The van der Waals surface area contributed by atoms with Gasteiger partial charge in [-0.15, -0.1) is 0 Å². The van der Waals surface area contributed by atoms with E-state index in [9.17, 15) is 9.59 Å². The molecule has 1 aliphatic rings. The third kappa shape index (κ3) is 3.10. The van der Waals surface area contributed by atoms with Crippen LogP contribution in [0, 0.1) is 11.3 Å². The highest BCUT2D eigenvalue weighted by Gasteiger charge is 2.43. The Labute approximate surface area is 130 Å². The number of para-hydroxylation sites is 1. The van der Waals surface area contributed by atoms with Crippen molar-refractivity contribution < 1.29 is 9.59 Å². The number of benzene rings is 1. The van der Waals surface area contributed by atoms with Gasteiger partial charge in [0.25, 0.3) is 5.91 Å². The maximum Gasteiger partial charge on any atom is 0.333 e. The van der Waals surface area contributed by atoms with Crippen molar-refractivity contribution in [2.45, 2.75) is 26.3 Å². The van der Waals surface area contributed by atoms with Crippen molar-refractivity contribution in [3.8, 4) is 6.07 Å². The third-order valence-corrected chi connectivity index (χ3v) is 3.81. The lowest BCUT2D eigenvalue weighted by molar-refractivity contribution is -0.128. The van der Waals surface area contributed by atoms with Gasteiger partial charge in [0, 0.05) is 18.7 Å². The Morgan fingerprint density at radius 1 is 1.27 bits per heavy atom. The molecular weight excluding hydrogens is 280 g/mol. The molecule has 1 aliphatic heterocycles. The SMILES string of the molecule is CCN(CCC#N)CN1C(=O)C(C)N(c2ccccc2)C1=O. The van der Waals surface area contributed by atoms with Crippen LogP contribution in [0.3, 0.4) is 0 Å². The van der Waals surface area contributed by atoms with E-state index < -0.39 is 6.04 Å². The van der Waals surface area contributed by atoms with Crippen molar-refractivity contribution in [2.75, 3.05) is 24.7 Å². The van der Waals surface area contributed by atoms with E-state index in [2.05, 4.69) is 6.07 Å². The van der Waals surface area contributed by atoms with Crippen molar-refractivity contribution in [1.29, 1.82) is 5.26 Å². The number of imide groups is 1. The molecule has 0 bridgehead atoms. The molecule has 1 unspecified atom stereocenters. The Bertz CT molecular complexity index is 582. The smallest absolute Gasteiger partial charge is 0.285 e. The number of carbonyl (C=O) groups is 2. The van der Waals surface area contributed by atoms with Gasteiger partial charge in [0.15, 0.2) is 0 Å². The van der Waals surface area contributed by atoms with Crippen LogP contribution in [-0.4, -0.2) is 47.5 Å². The van der Waals surface area contributed by atoms with Crippen molar-refractivity contribution in [1.82, 2.24) is 9.80 Å². The summed E-state index contributed by atoms with van der Waals surface area (Å²) < 4.78 is 0. The molecule has 0 aromatic heterocycles. The van der Waals surface area contributed by atoms with Crippen LogP contribution in [0.15, 0.2) is 30.3 Å². The van der Waals surface area contributed by atoms with Crippen molar-refractivity contribution in [3.63, 3.8) is 0 Å². The van der Waals surface area contributed by atoms with Crippen molar-refractivity contribution in [2.24, 2.45) is 0 Å². The number of nitrogens with zero attached hydrogens (tertiary/aromatic N) is 4. The summed E-state index contributed by atoms with van der Waals surface area (Å²) in [6.45, 7) is 5.13. The first-order valence-electron chi connectivity index (χ1n) is 7.39. The number of rotatable bonds is 6. The summed E-state index contributed by atoms with van der Waals surface area (Å²) in [4.78, 5) is 29.7. The van der Waals surface area contributed by atoms with Gasteiger partial charge in [-0.3, -0.25) is 14.6 Å². The highest BCUT2D eigenvalue weighted by Crippen LogP contribution is 2.25. The van der Waals surface area contributed by atoms with E-state index in [0.29, 0.717) is 19.5 Å². The number of carbonyl (C=O) groups excluding carboxylic acids is 2. The van der Waals surface area contributed by atoms with E-state index in [1.54, 1.807) is 6.92 Å². The highest BCUT2D eigenvalue weighted by atomic mass is 16.2. The molecule has 0 saturated carbocycles. The van der Waals surface area contributed by atoms with Gasteiger partial charge in [0.1, 0.15) is 6.04 Å². The lowest BCUT2D eigenvalue weighted by Crippen LogP contribution is -2.42. The topological polar surface area (TPSA) is 67.7 Å². The predicted octanol–water partition coefficient (Wildman–Crippen LogP) is 2.04. The summed E-state index contributed by atoms with van der Waals surface area (Å²) >= 11 is 0.